The smallest absolute Gasteiger partial charge is 0.251 e. The maximum absolute atomic E-state index is 13.1. The topological polar surface area (TPSA) is 69.0 Å². The fourth-order valence-electron chi connectivity index (χ4n) is 4.08. The van der Waals surface area contributed by atoms with Gasteiger partial charge in [0.05, 0.1) is 7.11 Å². The molecule has 0 radical (unpaired) electrons. The summed E-state index contributed by atoms with van der Waals surface area (Å²) in [6.45, 7) is 0.401. The van der Waals surface area contributed by atoms with Crippen molar-refractivity contribution in [2.24, 2.45) is 5.92 Å². The Balaban J connectivity index is 1.46. The Kier molecular flexibility index (Phi) is 7.99. The van der Waals surface area contributed by atoms with Crippen LogP contribution in [0.15, 0.2) is 53.7 Å². The van der Waals surface area contributed by atoms with E-state index < -0.39 is 0 Å². The summed E-state index contributed by atoms with van der Waals surface area (Å²) >= 11 is 1.75. The van der Waals surface area contributed by atoms with E-state index in [2.05, 4.69) is 20.1 Å². The molecule has 174 valence electrons. The molecule has 1 heterocycles. The first-order valence-corrected chi connectivity index (χ1v) is 12.4. The number of carbonyl (C=O) groups excluding carboxylic acids is 1. The van der Waals surface area contributed by atoms with Crippen LogP contribution in [0.4, 0.5) is 4.39 Å². The molecule has 0 bridgehead atoms. The first-order chi connectivity index (χ1) is 16.1. The second kappa shape index (κ2) is 11.3. The van der Waals surface area contributed by atoms with E-state index in [0.717, 1.165) is 34.1 Å². The van der Waals surface area contributed by atoms with Crippen molar-refractivity contribution in [2.45, 2.75) is 43.7 Å². The van der Waals surface area contributed by atoms with E-state index in [-0.39, 0.29) is 11.7 Å². The first-order valence-electron chi connectivity index (χ1n) is 11.4. The normalized spacial score (nSPS) is 14.2. The van der Waals surface area contributed by atoms with Crippen molar-refractivity contribution in [2.75, 3.05) is 19.4 Å². The van der Waals surface area contributed by atoms with E-state index in [1.165, 1.54) is 56.4 Å². The highest BCUT2D eigenvalue weighted by molar-refractivity contribution is 7.99. The van der Waals surface area contributed by atoms with E-state index in [0.29, 0.717) is 18.5 Å². The lowest BCUT2D eigenvalue weighted by atomic mass is 9.91. The second-order valence-electron chi connectivity index (χ2n) is 8.26. The zero-order valence-electron chi connectivity index (χ0n) is 18.8. The van der Waals surface area contributed by atoms with Gasteiger partial charge < -0.3 is 10.1 Å². The van der Waals surface area contributed by atoms with Gasteiger partial charge in [0.25, 0.3) is 5.91 Å². The van der Waals surface area contributed by atoms with Gasteiger partial charge in [0.2, 0.25) is 0 Å². The number of nitrogens with one attached hydrogen (secondary N) is 1. The molecule has 1 N–H and O–H groups in total. The highest BCUT2D eigenvalue weighted by atomic mass is 32.2. The number of carbonyl (C=O) groups is 1. The molecule has 6 nitrogen and oxygen atoms in total. The van der Waals surface area contributed by atoms with Crippen LogP contribution in [0.1, 0.15) is 48.3 Å². The summed E-state index contributed by atoms with van der Waals surface area (Å²) in [5.41, 5.74) is 1.39. The molecule has 0 unspecified atom stereocenters. The number of benzene rings is 2. The minimum atomic E-state index is -0.364. The van der Waals surface area contributed by atoms with E-state index in [1.807, 2.05) is 24.3 Å². The lowest BCUT2D eigenvalue weighted by molar-refractivity contribution is 0.0954. The van der Waals surface area contributed by atoms with Gasteiger partial charge in [-0.05, 0) is 67.3 Å². The van der Waals surface area contributed by atoms with Gasteiger partial charge in [-0.1, -0.05) is 31.0 Å². The molecule has 0 atom stereocenters. The van der Waals surface area contributed by atoms with Crippen molar-refractivity contribution in [1.82, 2.24) is 20.1 Å². The van der Waals surface area contributed by atoms with Crippen LogP contribution in [0, 0.1) is 11.7 Å². The summed E-state index contributed by atoms with van der Waals surface area (Å²) in [4.78, 5) is 12.4. The van der Waals surface area contributed by atoms with Crippen molar-refractivity contribution in [3.05, 3.63) is 65.7 Å². The summed E-state index contributed by atoms with van der Waals surface area (Å²) < 4.78 is 20.5. The van der Waals surface area contributed by atoms with Gasteiger partial charge in [0, 0.05) is 30.0 Å². The van der Waals surface area contributed by atoms with Crippen molar-refractivity contribution >= 4 is 17.7 Å². The van der Waals surface area contributed by atoms with Crippen molar-refractivity contribution in [1.29, 1.82) is 0 Å². The summed E-state index contributed by atoms with van der Waals surface area (Å²) in [7, 11) is 1.65. The maximum Gasteiger partial charge on any atom is 0.251 e. The SMILES string of the molecule is COc1ccc(-n2c(CCNC(=O)c3ccc(F)cc3)nnc2SCC2CCCCC2)cc1. The zero-order valence-corrected chi connectivity index (χ0v) is 19.6. The van der Waals surface area contributed by atoms with Crippen LogP contribution in [0.3, 0.4) is 0 Å². The molecule has 0 aliphatic heterocycles. The van der Waals surface area contributed by atoms with Crippen LogP contribution in [-0.2, 0) is 6.42 Å². The van der Waals surface area contributed by atoms with Gasteiger partial charge in [-0.3, -0.25) is 9.36 Å². The number of methoxy groups -OCH3 is 1. The van der Waals surface area contributed by atoms with Crippen molar-refractivity contribution in [3.8, 4) is 11.4 Å². The summed E-state index contributed by atoms with van der Waals surface area (Å²) in [5, 5.41) is 12.7. The van der Waals surface area contributed by atoms with Gasteiger partial charge in [-0.15, -0.1) is 10.2 Å². The Labute approximate surface area is 197 Å². The molecule has 1 amide bonds. The highest BCUT2D eigenvalue weighted by Gasteiger charge is 2.19. The van der Waals surface area contributed by atoms with Gasteiger partial charge in [-0.2, -0.15) is 0 Å². The fourth-order valence-corrected chi connectivity index (χ4v) is 5.24. The highest BCUT2D eigenvalue weighted by Crippen LogP contribution is 2.31. The Morgan fingerprint density at radius 1 is 1.09 bits per heavy atom. The van der Waals surface area contributed by atoms with E-state index >= 15 is 0 Å². The third-order valence-corrected chi connectivity index (χ3v) is 7.10. The van der Waals surface area contributed by atoms with Crippen molar-refractivity contribution < 1.29 is 13.9 Å². The Hall–Kier alpha value is -2.87. The number of amides is 1. The predicted octanol–water partition coefficient (Wildman–Crippen LogP) is 5.06. The van der Waals surface area contributed by atoms with Crippen LogP contribution < -0.4 is 10.1 Å². The number of ether oxygens (including phenoxy) is 1. The molecule has 1 aliphatic carbocycles. The molecule has 0 saturated heterocycles. The molecule has 1 aliphatic rings. The predicted molar refractivity (Wildman–Crippen MR) is 128 cm³/mol. The van der Waals surface area contributed by atoms with E-state index in [9.17, 15) is 9.18 Å². The number of hydrogen-bond donors (Lipinski definition) is 1. The van der Waals surface area contributed by atoms with E-state index in [1.54, 1.807) is 18.9 Å². The molecule has 4 rings (SSSR count). The fraction of sp³-hybridized carbons (Fsp3) is 0.400. The Bertz CT molecular complexity index is 1050. The van der Waals surface area contributed by atoms with Crippen LogP contribution in [0.25, 0.3) is 5.69 Å². The summed E-state index contributed by atoms with van der Waals surface area (Å²) in [6, 6.07) is 13.3. The number of halogens is 1. The summed E-state index contributed by atoms with van der Waals surface area (Å²) in [5.74, 6) is 2.73. The molecule has 33 heavy (non-hydrogen) atoms. The zero-order chi connectivity index (χ0) is 23.0. The minimum Gasteiger partial charge on any atom is -0.497 e. The summed E-state index contributed by atoms with van der Waals surface area (Å²) in [6.07, 6.45) is 7.07. The second-order valence-corrected chi connectivity index (χ2v) is 9.25. The monoisotopic (exact) mass is 468 g/mol. The molecule has 3 aromatic rings. The average molecular weight is 469 g/mol. The number of aromatic nitrogens is 3. The van der Waals surface area contributed by atoms with Crippen LogP contribution in [-0.4, -0.2) is 40.1 Å². The molecular formula is C25H29FN4O2S. The molecule has 1 saturated carbocycles. The third kappa shape index (κ3) is 6.13. The van der Waals surface area contributed by atoms with Gasteiger partial charge in [-0.25, -0.2) is 4.39 Å². The Morgan fingerprint density at radius 2 is 1.82 bits per heavy atom. The standard InChI is InChI=1S/C25H29FN4O2S/c1-32-22-13-11-21(12-14-22)30-23(15-16-27-24(31)19-7-9-20(26)10-8-19)28-29-25(30)33-17-18-5-3-2-4-6-18/h7-14,18H,2-6,15-17H2,1H3,(H,27,31). The minimum absolute atomic E-state index is 0.239. The van der Waals surface area contributed by atoms with Crippen molar-refractivity contribution in [3.63, 3.8) is 0 Å². The molecule has 1 aromatic heterocycles. The number of nitrogens with zero attached hydrogens (tertiary/aromatic N) is 3. The average Bonchev–Trinajstić information content (AvgIpc) is 3.26. The van der Waals surface area contributed by atoms with Gasteiger partial charge in [0.15, 0.2) is 5.16 Å². The first kappa shape index (κ1) is 23.3. The Morgan fingerprint density at radius 3 is 2.52 bits per heavy atom. The molecule has 0 spiro atoms. The largest absolute Gasteiger partial charge is 0.497 e. The van der Waals surface area contributed by atoms with E-state index in [4.69, 9.17) is 4.74 Å². The maximum atomic E-state index is 13.1. The number of hydrogen-bond acceptors (Lipinski definition) is 5. The molecule has 8 heteroatoms. The number of rotatable bonds is 9. The van der Waals surface area contributed by atoms with Gasteiger partial charge >= 0.3 is 0 Å². The molecule has 2 aromatic carbocycles. The lowest BCUT2D eigenvalue weighted by Gasteiger charge is -2.20. The van der Waals surface area contributed by atoms with Gasteiger partial charge in [0.1, 0.15) is 17.4 Å². The number of thioether (sulfide) groups is 1. The van der Waals surface area contributed by atoms with Crippen LogP contribution in [0.5, 0.6) is 5.75 Å². The molecule has 1 fully saturated rings. The third-order valence-electron chi connectivity index (χ3n) is 5.94. The van der Waals surface area contributed by atoms with Crippen LogP contribution in [0.2, 0.25) is 0 Å². The lowest BCUT2D eigenvalue weighted by Crippen LogP contribution is -2.26. The van der Waals surface area contributed by atoms with Crippen LogP contribution >= 0.6 is 11.8 Å². The molecular weight excluding hydrogens is 439 g/mol. The quantitative estimate of drug-likeness (QED) is 0.445.